The zero-order valence-electron chi connectivity index (χ0n) is 11.9. The standard InChI is InChI=1S/C12H13ClN2O6S2/c1-22(18,19)6-7-4-11(16)15(12(7)17)10-3-2-8(5-9(10)13)23(14,20)21/h2-3,5,7H,4,6H2,1H3,(H2,14,20,21). The van der Waals surface area contributed by atoms with Crippen molar-refractivity contribution in [3.63, 3.8) is 0 Å². The number of rotatable bonds is 4. The van der Waals surface area contributed by atoms with Gasteiger partial charge in [-0.05, 0) is 18.2 Å². The number of hydrogen-bond acceptors (Lipinski definition) is 6. The molecular weight excluding hydrogens is 368 g/mol. The second-order valence-electron chi connectivity index (χ2n) is 5.22. The van der Waals surface area contributed by atoms with E-state index >= 15 is 0 Å². The Morgan fingerprint density at radius 2 is 1.87 bits per heavy atom. The minimum atomic E-state index is -3.98. The highest BCUT2D eigenvalue weighted by molar-refractivity contribution is 7.90. The summed E-state index contributed by atoms with van der Waals surface area (Å²) in [4.78, 5) is 24.8. The van der Waals surface area contributed by atoms with Crippen molar-refractivity contribution in [2.75, 3.05) is 16.9 Å². The van der Waals surface area contributed by atoms with E-state index in [1.54, 1.807) is 0 Å². The summed E-state index contributed by atoms with van der Waals surface area (Å²) in [5, 5.41) is 4.82. The van der Waals surface area contributed by atoms with E-state index in [-0.39, 0.29) is 22.0 Å². The minimum Gasteiger partial charge on any atom is -0.274 e. The maximum Gasteiger partial charge on any atom is 0.238 e. The predicted molar refractivity (Wildman–Crippen MR) is 83.1 cm³/mol. The maximum absolute atomic E-state index is 12.3. The highest BCUT2D eigenvalue weighted by Crippen LogP contribution is 2.33. The molecule has 0 radical (unpaired) electrons. The third-order valence-corrected chi connectivity index (χ3v) is 5.45. The molecule has 8 nitrogen and oxygen atoms in total. The number of sulfonamides is 1. The zero-order chi connectivity index (χ0) is 17.6. The maximum atomic E-state index is 12.3. The number of nitrogens with two attached hydrogens (primary N) is 1. The highest BCUT2D eigenvalue weighted by Gasteiger charge is 2.41. The Kier molecular flexibility index (Phi) is 4.55. The molecule has 1 fully saturated rings. The van der Waals surface area contributed by atoms with Crippen LogP contribution in [-0.4, -0.2) is 40.7 Å². The molecule has 1 aromatic carbocycles. The number of hydrogen-bond donors (Lipinski definition) is 1. The predicted octanol–water partition coefficient (Wildman–Crippen LogP) is -0.0885. The number of carbonyl (C=O) groups excluding carboxylic acids is 2. The van der Waals surface area contributed by atoms with Gasteiger partial charge in [0.15, 0.2) is 0 Å². The SMILES string of the molecule is CS(=O)(=O)CC1CC(=O)N(c2ccc(S(N)(=O)=O)cc2Cl)C1=O. The quantitative estimate of drug-likeness (QED) is 0.726. The van der Waals surface area contributed by atoms with Gasteiger partial charge in [-0.25, -0.2) is 26.9 Å². The van der Waals surface area contributed by atoms with E-state index in [1.807, 2.05) is 0 Å². The van der Waals surface area contributed by atoms with Gasteiger partial charge in [-0.1, -0.05) is 11.6 Å². The Labute approximate surface area is 138 Å². The van der Waals surface area contributed by atoms with Crippen LogP contribution in [-0.2, 0) is 29.4 Å². The second-order valence-corrected chi connectivity index (χ2v) is 9.37. The van der Waals surface area contributed by atoms with Crippen molar-refractivity contribution in [3.05, 3.63) is 23.2 Å². The first-order valence-electron chi connectivity index (χ1n) is 6.27. The van der Waals surface area contributed by atoms with Crippen molar-refractivity contribution in [3.8, 4) is 0 Å². The number of benzene rings is 1. The van der Waals surface area contributed by atoms with Gasteiger partial charge in [0, 0.05) is 12.7 Å². The Morgan fingerprint density at radius 3 is 2.35 bits per heavy atom. The normalized spacial score (nSPS) is 19.4. The average molecular weight is 381 g/mol. The number of amides is 2. The van der Waals surface area contributed by atoms with E-state index in [0.717, 1.165) is 23.3 Å². The molecule has 0 bridgehead atoms. The number of imide groups is 1. The Hall–Kier alpha value is -1.49. The number of sulfone groups is 1. The van der Waals surface area contributed by atoms with E-state index in [2.05, 4.69) is 0 Å². The van der Waals surface area contributed by atoms with Crippen LogP contribution in [0.2, 0.25) is 5.02 Å². The molecule has 0 spiro atoms. The average Bonchev–Trinajstić information content (AvgIpc) is 2.62. The van der Waals surface area contributed by atoms with Crippen molar-refractivity contribution in [1.82, 2.24) is 0 Å². The molecule has 126 valence electrons. The minimum absolute atomic E-state index is 0.00920. The van der Waals surface area contributed by atoms with Crippen LogP contribution >= 0.6 is 11.6 Å². The van der Waals surface area contributed by atoms with Crippen LogP contribution < -0.4 is 10.0 Å². The molecule has 1 saturated heterocycles. The molecule has 2 rings (SSSR count). The zero-order valence-corrected chi connectivity index (χ0v) is 14.3. The van der Waals surface area contributed by atoms with E-state index in [9.17, 15) is 26.4 Å². The van der Waals surface area contributed by atoms with Gasteiger partial charge in [-0.3, -0.25) is 9.59 Å². The van der Waals surface area contributed by atoms with Crippen LogP contribution in [0, 0.1) is 5.92 Å². The van der Waals surface area contributed by atoms with Gasteiger partial charge in [0.1, 0.15) is 9.84 Å². The first kappa shape index (κ1) is 17.9. The van der Waals surface area contributed by atoms with Gasteiger partial charge in [0.05, 0.1) is 27.3 Å². The number of carbonyl (C=O) groups is 2. The monoisotopic (exact) mass is 380 g/mol. The fraction of sp³-hybridized carbons (Fsp3) is 0.333. The number of anilines is 1. The molecule has 11 heteroatoms. The van der Waals surface area contributed by atoms with E-state index < -0.39 is 43.3 Å². The largest absolute Gasteiger partial charge is 0.274 e. The Balaban J connectivity index is 2.39. The fourth-order valence-electron chi connectivity index (χ4n) is 2.29. The molecule has 0 aliphatic carbocycles. The number of halogens is 1. The first-order chi connectivity index (χ1) is 10.4. The lowest BCUT2D eigenvalue weighted by atomic mass is 10.1. The second kappa shape index (κ2) is 5.86. The van der Waals surface area contributed by atoms with Crippen molar-refractivity contribution in [2.24, 2.45) is 11.1 Å². The lowest BCUT2D eigenvalue weighted by molar-refractivity contribution is -0.122. The van der Waals surface area contributed by atoms with Gasteiger partial charge >= 0.3 is 0 Å². The van der Waals surface area contributed by atoms with E-state index in [0.29, 0.717) is 0 Å². The molecule has 23 heavy (non-hydrogen) atoms. The molecule has 2 N–H and O–H groups in total. The summed E-state index contributed by atoms with van der Waals surface area (Å²) in [7, 11) is -7.41. The summed E-state index contributed by atoms with van der Waals surface area (Å²) >= 11 is 5.94. The molecule has 2 amide bonds. The first-order valence-corrected chi connectivity index (χ1v) is 10.3. The van der Waals surface area contributed by atoms with Crippen molar-refractivity contribution >= 4 is 49.0 Å². The molecule has 0 aromatic heterocycles. The van der Waals surface area contributed by atoms with Gasteiger partial charge in [0.2, 0.25) is 21.8 Å². The summed E-state index contributed by atoms with van der Waals surface area (Å²) in [6, 6.07) is 3.32. The van der Waals surface area contributed by atoms with Crippen LogP contribution in [0.15, 0.2) is 23.1 Å². The molecule has 1 aromatic rings. The van der Waals surface area contributed by atoms with Crippen molar-refractivity contribution in [2.45, 2.75) is 11.3 Å². The molecule has 1 unspecified atom stereocenters. The molecular formula is C12H13ClN2O6S2. The van der Waals surface area contributed by atoms with Gasteiger partial charge in [-0.15, -0.1) is 0 Å². The van der Waals surface area contributed by atoms with Crippen LogP contribution in [0.25, 0.3) is 0 Å². The van der Waals surface area contributed by atoms with E-state index in [4.69, 9.17) is 16.7 Å². The van der Waals surface area contributed by atoms with Crippen molar-refractivity contribution in [1.29, 1.82) is 0 Å². The molecule has 1 aliphatic heterocycles. The lowest BCUT2D eigenvalue weighted by Gasteiger charge is -2.17. The van der Waals surface area contributed by atoms with Gasteiger partial charge in [-0.2, -0.15) is 0 Å². The lowest BCUT2D eigenvalue weighted by Crippen LogP contribution is -2.32. The fourth-order valence-corrected chi connectivity index (χ4v) is 4.15. The van der Waals surface area contributed by atoms with Gasteiger partial charge in [0.25, 0.3) is 0 Å². The topological polar surface area (TPSA) is 132 Å². The summed E-state index contributed by atoms with van der Waals surface area (Å²) in [6.45, 7) is 0. The van der Waals surface area contributed by atoms with Crippen LogP contribution in [0.1, 0.15) is 6.42 Å². The third kappa shape index (κ3) is 3.89. The summed E-state index contributed by atoms with van der Waals surface area (Å²) in [5.74, 6) is -2.72. The highest BCUT2D eigenvalue weighted by atomic mass is 35.5. The molecule has 1 atom stereocenters. The van der Waals surface area contributed by atoms with Crippen LogP contribution in [0.4, 0.5) is 5.69 Å². The summed E-state index contributed by atoms with van der Waals surface area (Å²) in [5.41, 5.74) is -0.00920. The van der Waals surface area contributed by atoms with Gasteiger partial charge < -0.3 is 0 Å². The van der Waals surface area contributed by atoms with Crippen molar-refractivity contribution < 1.29 is 26.4 Å². The molecule has 1 aliphatic rings. The van der Waals surface area contributed by atoms with Crippen LogP contribution in [0.3, 0.4) is 0 Å². The molecule has 1 heterocycles. The summed E-state index contributed by atoms with van der Waals surface area (Å²) < 4.78 is 45.2. The Morgan fingerprint density at radius 1 is 1.26 bits per heavy atom. The molecule has 0 saturated carbocycles. The summed E-state index contributed by atoms with van der Waals surface area (Å²) in [6.07, 6.45) is 0.723. The number of primary sulfonamides is 1. The Bertz CT molecular complexity index is 894. The third-order valence-electron chi connectivity index (χ3n) is 3.23. The van der Waals surface area contributed by atoms with Crippen LogP contribution in [0.5, 0.6) is 0 Å². The number of nitrogens with zero attached hydrogens (tertiary/aromatic N) is 1. The van der Waals surface area contributed by atoms with E-state index in [1.165, 1.54) is 6.07 Å². The smallest absolute Gasteiger partial charge is 0.238 e.